The second-order valence-corrected chi connectivity index (χ2v) is 6.93. The van der Waals surface area contributed by atoms with E-state index in [1.165, 1.54) is 19.3 Å². The number of aliphatic hydroxyl groups is 1. The molecule has 0 aliphatic heterocycles. The molecule has 0 aromatic carbocycles. The minimum atomic E-state index is -0.165. The summed E-state index contributed by atoms with van der Waals surface area (Å²) in [7, 11) is 0. The summed E-state index contributed by atoms with van der Waals surface area (Å²) in [5, 5.41) is 15.5. The third-order valence-electron chi connectivity index (χ3n) is 4.45. The second kappa shape index (κ2) is 6.12. The van der Waals surface area contributed by atoms with E-state index in [4.69, 9.17) is 0 Å². The molecule has 110 valence electrons. The van der Waals surface area contributed by atoms with Gasteiger partial charge in [0.2, 0.25) is 0 Å². The maximum atomic E-state index is 11.9. The molecule has 0 radical (unpaired) electrons. The van der Waals surface area contributed by atoms with Gasteiger partial charge in [-0.25, -0.2) is 4.79 Å². The molecule has 2 rings (SSSR count). The van der Waals surface area contributed by atoms with Gasteiger partial charge in [-0.1, -0.05) is 13.8 Å². The number of urea groups is 1. The Morgan fingerprint density at radius 1 is 1.26 bits per heavy atom. The minimum absolute atomic E-state index is 0.0311. The molecule has 0 bridgehead atoms. The highest BCUT2D eigenvalue weighted by molar-refractivity contribution is 5.74. The number of carbonyl (C=O) groups excluding carboxylic acids is 1. The maximum absolute atomic E-state index is 11.9. The third-order valence-corrected chi connectivity index (χ3v) is 4.45. The van der Waals surface area contributed by atoms with Crippen LogP contribution < -0.4 is 10.6 Å². The van der Waals surface area contributed by atoms with Crippen LogP contribution in [0.1, 0.15) is 58.8 Å². The molecule has 0 aromatic heterocycles. The highest BCUT2D eigenvalue weighted by atomic mass is 16.3. The molecule has 2 amide bonds. The van der Waals surface area contributed by atoms with E-state index in [1.54, 1.807) is 0 Å². The lowest BCUT2D eigenvalue weighted by Crippen LogP contribution is -2.45. The highest BCUT2D eigenvalue weighted by Crippen LogP contribution is 2.49. The van der Waals surface area contributed by atoms with Crippen LogP contribution in [0.3, 0.4) is 0 Å². The molecule has 0 aromatic rings. The topological polar surface area (TPSA) is 61.4 Å². The summed E-state index contributed by atoms with van der Waals surface area (Å²) in [5.41, 5.74) is 0.383. The molecule has 0 spiro atoms. The normalized spacial score (nSPS) is 29.1. The zero-order chi connectivity index (χ0) is 13.9. The second-order valence-electron chi connectivity index (χ2n) is 6.93. The van der Waals surface area contributed by atoms with E-state index in [-0.39, 0.29) is 18.2 Å². The number of hydrogen-bond acceptors (Lipinski definition) is 2. The lowest BCUT2D eigenvalue weighted by molar-refractivity contribution is 0.117. The first-order valence-electron chi connectivity index (χ1n) is 7.71. The predicted molar refractivity (Wildman–Crippen MR) is 75.9 cm³/mol. The Balaban J connectivity index is 1.65. The van der Waals surface area contributed by atoms with Crippen molar-refractivity contribution in [2.45, 2.75) is 70.9 Å². The molecule has 0 unspecified atom stereocenters. The van der Waals surface area contributed by atoms with E-state index in [2.05, 4.69) is 24.5 Å². The Bertz CT molecular complexity index is 305. The van der Waals surface area contributed by atoms with E-state index in [9.17, 15) is 9.90 Å². The summed E-state index contributed by atoms with van der Waals surface area (Å²) in [6.07, 6.45) is 6.95. The first kappa shape index (κ1) is 14.6. The molecule has 0 heterocycles. The van der Waals surface area contributed by atoms with Crippen LogP contribution in [0.4, 0.5) is 4.79 Å². The Morgan fingerprint density at radius 2 is 1.89 bits per heavy atom. The molecule has 3 N–H and O–H groups in total. The van der Waals surface area contributed by atoms with Crippen molar-refractivity contribution in [3.8, 4) is 0 Å². The molecular formula is C15H28N2O2. The van der Waals surface area contributed by atoms with Crippen molar-refractivity contribution in [3.05, 3.63) is 0 Å². The van der Waals surface area contributed by atoms with Gasteiger partial charge in [0, 0.05) is 12.6 Å². The SMILES string of the molecule is CC(C)CC1(CNC(=O)NC2CCC(O)CC2)CC1. The molecule has 2 fully saturated rings. The number of hydrogen-bond donors (Lipinski definition) is 3. The van der Waals surface area contributed by atoms with Crippen molar-refractivity contribution in [1.29, 1.82) is 0 Å². The van der Waals surface area contributed by atoms with Crippen LogP contribution in [-0.2, 0) is 0 Å². The first-order chi connectivity index (χ1) is 8.99. The summed E-state index contributed by atoms with van der Waals surface area (Å²) in [6.45, 7) is 5.30. The van der Waals surface area contributed by atoms with Crippen LogP contribution in [-0.4, -0.2) is 29.8 Å². The Labute approximate surface area is 116 Å². The van der Waals surface area contributed by atoms with Gasteiger partial charge in [0.25, 0.3) is 0 Å². The predicted octanol–water partition coefficient (Wildman–Crippen LogP) is 2.42. The molecule has 0 atom stereocenters. The van der Waals surface area contributed by atoms with E-state index in [1.807, 2.05) is 0 Å². The zero-order valence-corrected chi connectivity index (χ0v) is 12.2. The Hall–Kier alpha value is -0.770. The van der Waals surface area contributed by atoms with Gasteiger partial charge in [0.05, 0.1) is 6.10 Å². The zero-order valence-electron chi connectivity index (χ0n) is 12.2. The fourth-order valence-electron chi connectivity index (χ4n) is 3.22. The number of aliphatic hydroxyl groups excluding tert-OH is 1. The maximum Gasteiger partial charge on any atom is 0.315 e. The molecule has 2 aliphatic rings. The van der Waals surface area contributed by atoms with E-state index >= 15 is 0 Å². The highest BCUT2D eigenvalue weighted by Gasteiger charge is 2.42. The standard InChI is InChI=1S/C15H28N2O2/c1-11(2)9-15(7-8-15)10-16-14(19)17-12-3-5-13(18)6-4-12/h11-13,18H,3-10H2,1-2H3,(H2,16,17,19). The molecule has 2 aliphatic carbocycles. The first-order valence-corrected chi connectivity index (χ1v) is 7.71. The Morgan fingerprint density at radius 3 is 2.42 bits per heavy atom. The van der Waals surface area contributed by atoms with Crippen molar-refractivity contribution in [2.24, 2.45) is 11.3 Å². The van der Waals surface area contributed by atoms with Crippen LogP contribution in [0.5, 0.6) is 0 Å². The Kier molecular flexibility index (Phi) is 4.71. The molecule has 19 heavy (non-hydrogen) atoms. The van der Waals surface area contributed by atoms with Crippen molar-refractivity contribution >= 4 is 6.03 Å². The van der Waals surface area contributed by atoms with Crippen LogP contribution in [0, 0.1) is 11.3 Å². The number of amides is 2. The largest absolute Gasteiger partial charge is 0.393 e. The third kappa shape index (κ3) is 4.68. The fourth-order valence-corrected chi connectivity index (χ4v) is 3.22. The lowest BCUT2D eigenvalue weighted by Gasteiger charge is -2.26. The van der Waals surface area contributed by atoms with Crippen LogP contribution in [0.2, 0.25) is 0 Å². The average Bonchev–Trinajstić information content (AvgIpc) is 3.09. The summed E-state index contributed by atoms with van der Waals surface area (Å²) in [4.78, 5) is 11.9. The van der Waals surface area contributed by atoms with Gasteiger partial charge < -0.3 is 15.7 Å². The minimum Gasteiger partial charge on any atom is -0.393 e. The van der Waals surface area contributed by atoms with E-state index < -0.39 is 0 Å². The number of nitrogens with one attached hydrogen (secondary N) is 2. The van der Waals surface area contributed by atoms with Gasteiger partial charge >= 0.3 is 6.03 Å². The molecule has 2 saturated carbocycles. The molecule has 4 heteroatoms. The van der Waals surface area contributed by atoms with Gasteiger partial charge in [-0.2, -0.15) is 0 Å². The van der Waals surface area contributed by atoms with Gasteiger partial charge in [-0.15, -0.1) is 0 Å². The number of rotatable bonds is 5. The summed E-state index contributed by atoms with van der Waals surface area (Å²) in [5.74, 6) is 0.701. The fraction of sp³-hybridized carbons (Fsp3) is 0.933. The summed E-state index contributed by atoms with van der Waals surface area (Å²) in [6, 6.07) is 0.208. The monoisotopic (exact) mass is 268 g/mol. The van der Waals surface area contributed by atoms with E-state index in [0.717, 1.165) is 32.2 Å². The van der Waals surface area contributed by atoms with Crippen molar-refractivity contribution in [1.82, 2.24) is 10.6 Å². The summed E-state index contributed by atoms with van der Waals surface area (Å²) < 4.78 is 0. The van der Waals surface area contributed by atoms with Gasteiger partial charge in [-0.3, -0.25) is 0 Å². The molecule has 0 saturated heterocycles. The lowest BCUT2D eigenvalue weighted by atomic mass is 9.93. The van der Waals surface area contributed by atoms with E-state index in [0.29, 0.717) is 11.3 Å². The van der Waals surface area contributed by atoms with Crippen LogP contribution in [0.15, 0.2) is 0 Å². The van der Waals surface area contributed by atoms with Crippen molar-refractivity contribution in [2.75, 3.05) is 6.54 Å². The number of carbonyl (C=O) groups is 1. The summed E-state index contributed by atoms with van der Waals surface area (Å²) >= 11 is 0. The van der Waals surface area contributed by atoms with Crippen LogP contribution >= 0.6 is 0 Å². The van der Waals surface area contributed by atoms with Gasteiger partial charge in [0.15, 0.2) is 0 Å². The van der Waals surface area contributed by atoms with Gasteiger partial charge in [-0.05, 0) is 56.3 Å². The molecular weight excluding hydrogens is 240 g/mol. The smallest absolute Gasteiger partial charge is 0.315 e. The van der Waals surface area contributed by atoms with Crippen LogP contribution in [0.25, 0.3) is 0 Å². The quantitative estimate of drug-likeness (QED) is 0.717. The van der Waals surface area contributed by atoms with Crippen molar-refractivity contribution in [3.63, 3.8) is 0 Å². The molecule has 4 nitrogen and oxygen atoms in total. The average molecular weight is 268 g/mol. The van der Waals surface area contributed by atoms with Gasteiger partial charge in [0.1, 0.15) is 0 Å². The van der Waals surface area contributed by atoms with Crippen molar-refractivity contribution < 1.29 is 9.90 Å².